The zero-order valence-corrected chi connectivity index (χ0v) is 13.2. The van der Waals surface area contributed by atoms with Gasteiger partial charge in [0, 0.05) is 24.2 Å². The minimum absolute atomic E-state index is 0.202. The summed E-state index contributed by atoms with van der Waals surface area (Å²) in [6.45, 7) is 8.15. The zero-order valence-electron chi connectivity index (χ0n) is 13.2. The molecule has 0 spiro atoms. The summed E-state index contributed by atoms with van der Waals surface area (Å²) >= 11 is 0. The van der Waals surface area contributed by atoms with Gasteiger partial charge in [0.1, 0.15) is 11.6 Å². The molecule has 0 fully saturated rings. The van der Waals surface area contributed by atoms with E-state index in [0.717, 1.165) is 6.42 Å². The number of nitrogens with two attached hydrogens (primary N) is 1. The Morgan fingerprint density at radius 3 is 2.52 bits per heavy atom. The smallest absolute Gasteiger partial charge is 0.260 e. The molecule has 0 aliphatic heterocycles. The van der Waals surface area contributed by atoms with Crippen molar-refractivity contribution in [3.05, 3.63) is 29.6 Å². The van der Waals surface area contributed by atoms with Crippen LogP contribution >= 0.6 is 0 Å². The molecule has 2 atom stereocenters. The number of hydrogen-bond donors (Lipinski definition) is 2. The maximum absolute atomic E-state index is 13.8. The first-order chi connectivity index (χ1) is 9.81. The summed E-state index contributed by atoms with van der Waals surface area (Å²) in [6, 6.07) is 4.09. The van der Waals surface area contributed by atoms with Gasteiger partial charge in [0.05, 0.1) is 0 Å². The molecule has 0 aromatic heterocycles. The summed E-state index contributed by atoms with van der Waals surface area (Å²) in [5, 5.41) is 2.80. The van der Waals surface area contributed by atoms with Crippen LogP contribution in [0.1, 0.15) is 45.7 Å². The molecular weight excluding hydrogens is 271 g/mol. The number of halogens is 1. The Labute approximate surface area is 125 Å². The molecule has 0 saturated heterocycles. The fourth-order valence-corrected chi connectivity index (χ4v) is 1.84. The van der Waals surface area contributed by atoms with E-state index in [-0.39, 0.29) is 11.9 Å². The van der Waals surface area contributed by atoms with Gasteiger partial charge in [-0.2, -0.15) is 0 Å². The van der Waals surface area contributed by atoms with Crippen molar-refractivity contribution in [1.82, 2.24) is 5.32 Å². The van der Waals surface area contributed by atoms with Crippen LogP contribution in [0.5, 0.6) is 5.75 Å². The molecule has 0 aliphatic carbocycles. The molecular formula is C16H25FN2O2. The SMILES string of the molecule is CC(C)CCNC(=O)C(C)Oc1ccc([C@H](C)N)c(F)c1. The topological polar surface area (TPSA) is 64.3 Å². The van der Waals surface area contributed by atoms with Crippen molar-refractivity contribution >= 4 is 5.91 Å². The third-order valence-corrected chi connectivity index (χ3v) is 3.17. The molecule has 0 bridgehead atoms. The summed E-state index contributed by atoms with van der Waals surface area (Å²) in [5.74, 6) is 0.229. The Hall–Kier alpha value is -1.62. The standard InChI is InChI=1S/C16H25FN2O2/c1-10(2)7-8-19-16(20)12(4)21-13-5-6-14(11(3)18)15(17)9-13/h5-6,9-12H,7-8,18H2,1-4H3,(H,19,20)/t11-,12?/m0/s1. The number of carbonyl (C=O) groups excluding carboxylic acids is 1. The fraction of sp³-hybridized carbons (Fsp3) is 0.562. The molecule has 1 unspecified atom stereocenters. The van der Waals surface area contributed by atoms with E-state index in [4.69, 9.17) is 10.5 Å². The van der Waals surface area contributed by atoms with Crippen LogP contribution < -0.4 is 15.8 Å². The third kappa shape index (κ3) is 5.71. The Balaban J connectivity index is 2.56. The Morgan fingerprint density at radius 2 is 2.00 bits per heavy atom. The molecule has 0 radical (unpaired) electrons. The number of amides is 1. The second-order valence-corrected chi connectivity index (χ2v) is 5.71. The van der Waals surface area contributed by atoms with Gasteiger partial charge in [0.25, 0.3) is 5.91 Å². The summed E-state index contributed by atoms with van der Waals surface area (Å²) in [5.41, 5.74) is 6.08. The van der Waals surface area contributed by atoms with E-state index in [1.54, 1.807) is 26.0 Å². The summed E-state index contributed by atoms with van der Waals surface area (Å²) < 4.78 is 19.2. The van der Waals surface area contributed by atoms with Crippen molar-refractivity contribution in [1.29, 1.82) is 0 Å². The monoisotopic (exact) mass is 296 g/mol. The maximum atomic E-state index is 13.8. The highest BCUT2D eigenvalue weighted by Crippen LogP contribution is 2.21. The van der Waals surface area contributed by atoms with E-state index < -0.39 is 11.9 Å². The van der Waals surface area contributed by atoms with Crippen LogP contribution in [-0.2, 0) is 4.79 Å². The zero-order chi connectivity index (χ0) is 16.0. The van der Waals surface area contributed by atoms with Crippen LogP contribution in [0, 0.1) is 11.7 Å². The van der Waals surface area contributed by atoms with E-state index in [2.05, 4.69) is 19.2 Å². The van der Waals surface area contributed by atoms with Crippen molar-refractivity contribution in [3.63, 3.8) is 0 Å². The fourth-order valence-electron chi connectivity index (χ4n) is 1.84. The molecule has 1 amide bonds. The van der Waals surface area contributed by atoms with Crippen LogP contribution in [0.15, 0.2) is 18.2 Å². The Kier molecular flexibility index (Phi) is 6.62. The number of carbonyl (C=O) groups is 1. The Morgan fingerprint density at radius 1 is 1.33 bits per heavy atom. The van der Waals surface area contributed by atoms with Gasteiger partial charge in [-0.05, 0) is 32.3 Å². The third-order valence-electron chi connectivity index (χ3n) is 3.17. The molecule has 118 valence electrons. The van der Waals surface area contributed by atoms with Crippen LogP contribution in [0.2, 0.25) is 0 Å². The summed E-state index contributed by atoms with van der Waals surface area (Å²) in [7, 11) is 0. The van der Waals surface area contributed by atoms with Crippen LogP contribution in [0.3, 0.4) is 0 Å². The van der Waals surface area contributed by atoms with Crippen molar-refractivity contribution < 1.29 is 13.9 Å². The van der Waals surface area contributed by atoms with Crippen LogP contribution in [-0.4, -0.2) is 18.6 Å². The normalized spacial score (nSPS) is 13.9. The van der Waals surface area contributed by atoms with Crippen molar-refractivity contribution in [2.45, 2.75) is 46.3 Å². The second kappa shape index (κ2) is 7.98. The van der Waals surface area contributed by atoms with E-state index >= 15 is 0 Å². The number of ether oxygens (including phenoxy) is 1. The molecule has 1 aromatic rings. The summed E-state index contributed by atoms with van der Waals surface area (Å²) in [4.78, 5) is 11.8. The minimum Gasteiger partial charge on any atom is -0.481 e. The first-order valence-corrected chi connectivity index (χ1v) is 7.30. The largest absolute Gasteiger partial charge is 0.481 e. The predicted octanol–water partition coefficient (Wildman–Crippen LogP) is 2.78. The molecule has 0 heterocycles. The lowest BCUT2D eigenvalue weighted by Gasteiger charge is -2.16. The molecule has 5 heteroatoms. The van der Waals surface area contributed by atoms with E-state index in [9.17, 15) is 9.18 Å². The molecule has 4 nitrogen and oxygen atoms in total. The van der Waals surface area contributed by atoms with E-state index in [1.807, 2.05) is 0 Å². The Bertz CT molecular complexity index is 475. The van der Waals surface area contributed by atoms with Gasteiger partial charge in [-0.1, -0.05) is 19.9 Å². The first-order valence-electron chi connectivity index (χ1n) is 7.30. The van der Waals surface area contributed by atoms with Gasteiger partial charge in [0.15, 0.2) is 6.10 Å². The van der Waals surface area contributed by atoms with Gasteiger partial charge < -0.3 is 15.8 Å². The minimum atomic E-state index is -0.669. The molecule has 1 rings (SSSR count). The van der Waals surface area contributed by atoms with Crippen molar-refractivity contribution in [2.24, 2.45) is 11.7 Å². The van der Waals surface area contributed by atoms with Crippen LogP contribution in [0.25, 0.3) is 0 Å². The molecule has 1 aromatic carbocycles. The van der Waals surface area contributed by atoms with E-state index in [1.165, 1.54) is 6.07 Å². The van der Waals surface area contributed by atoms with Gasteiger partial charge >= 0.3 is 0 Å². The van der Waals surface area contributed by atoms with Crippen molar-refractivity contribution in [3.8, 4) is 5.75 Å². The lowest BCUT2D eigenvalue weighted by Crippen LogP contribution is -2.37. The lowest BCUT2D eigenvalue weighted by atomic mass is 10.1. The number of rotatable bonds is 7. The molecule has 0 aliphatic rings. The predicted molar refractivity (Wildman–Crippen MR) is 81.6 cm³/mol. The number of benzene rings is 1. The van der Waals surface area contributed by atoms with Gasteiger partial charge in [-0.25, -0.2) is 4.39 Å². The highest BCUT2D eigenvalue weighted by molar-refractivity contribution is 5.80. The highest BCUT2D eigenvalue weighted by atomic mass is 19.1. The first kappa shape index (κ1) is 17.4. The summed E-state index contributed by atoms with van der Waals surface area (Å²) in [6.07, 6.45) is 0.244. The molecule has 3 N–H and O–H groups in total. The quantitative estimate of drug-likeness (QED) is 0.813. The average Bonchev–Trinajstić information content (AvgIpc) is 2.37. The van der Waals surface area contributed by atoms with Crippen LogP contribution in [0.4, 0.5) is 4.39 Å². The maximum Gasteiger partial charge on any atom is 0.260 e. The molecule has 21 heavy (non-hydrogen) atoms. The van der Waals surface area contributed by atoms with Gasteiger partial charge in [-0.3, -0.25) is 4.79 Å². The van der Waals surface area contributed by atoms with E-state index in [0.29, 0.717) is 23.8 Å². The lowest BCUT2D eigenvalue weighted by molar-refractivity contribution is -0.127. The highest BCUT2D eigenvalue weighted by Gasteiger charge is 2.15. The van der Waals surface area contributed by atoms with Gasteiger partial charge in [0.2, 0.25) is 0 Å². The van der Waals surface area contributed by atoms with Crippen molar-refractivity contribution in [2.75, 3.05) is 6.54 Å². The second-order valence-electron chi connectivity index (χ2n) is 5.71. The molecule has 0 saturated carbocycles. The van der Waals surface area contributed by atoms with Gasteiger partial charge in [-0.15, -0.1) is 0 Å². The number of hydrogen-bond acceptors (Lipinski definition) is 3. The number of nitrogens with one attached hydrogen (secondary N) is 1. The average molecular weight is 296 g/mol.